The van der Waals surface area contributed by atoms with Crippen molar-refractivity contribution in [2.45, 2.75) is 6.54 Å². The second-order valence-corrected chi connectivity index (χ2v) is 6.62. The van der Waals surface area contributed by atoms with Crippen molar-refractivity contribution < 1.29 is 0 Å². The number of rotatable bonds is 4. The summed E-state index contributed by atoms with van der Waals surface area (Å²) in [7, 11) is 1.96. The van der Waals surface area contributed by atoms with Crippen LogP contribution in [0.15, 0.2) is 30.5 Å². The number of nitrogens with one attached hydrogen (secondary N) is 1. The maximum atomic E-state index is 6.07. The minimum absolute atomic E-state index is 0.798. The Morgan fingerprint density at radius 3 is 2.71 bits per heavy atom. The van der Waals surface area contributed by atoms with E-state index in [4.69, 9.17) is 11.6 Å². The number of hydrogen-bond donors (Lipinski definition) is 1. The highest BCUT2D eigenvalue weighted by Gasteiger charge is 2.19. The number of anilines is 2. The number of benzene rings is 1. The Kier molecular flexibility index (Phi) is 4.63. The van der Waals surface area contributed by atoms with Crippen LogP contribution in [0.2, 0.25) is 5.02 Å². The lowest BCUT2D eigenvalue weighted by Gasteiger charge is -2.36. The Balaban J connectivity index is 1.61. The number of halogens is 1. The molecule has 1 aromatic heterocycles. The van der Waals surface area contributed by atoms with Gasteiger partial charge in [-0.1, -0.05) is 17.7 Å². The van der Waals surface area contributed by atoms with E-state index in [1.807, 2.05) is 31.4 Å². The minimum atomic E-state index is 0.798. The molecule has 0 saturated carbocycles. The fourth-order valence-corrected chi connectivity index (χ4v) is 3.69. The van der Waals surface area contributed by atoms with Crippen molar-refractivity contribution in [3.05, 3.63) is 40.4 Å². The van der Waals surface area contributed by atoms with Crippen LogP contribution in [0.3, 0.4) is 0 Å². The van der Waals surface area contributed by atoms with Crippen molar-refractivity contribution in [3.63, 3.8) is 0 Å². The Bertz CT molecular complexity index is 593. The zero-order valence-electron chi connectivity index (χ0n) is 12.1. The van der Waals surface area contributed by atoms with E-state index in [2.05, 4.69) is 26.2 Å². The average Bonchev–Trinajstić information content (AvgIpc) is 2.97. The molecule has 1 aliphatic rings. The lowest BCUT2D eigenvalue weighted by atomic mass is 10.2. The zero-order chi connectivity index (χ0) is 14.7. The van der Waals surface area contributed by atoms with Gasteiger partial charge in [-0.15, -0.1) is 11.3 Å². The lowest BCUT2D eigenvalue weighted by Crippen LogP contribution is -2.46. The largest absolute Gasteiger partial charge is 0.368 e. The molecule has 0 spiro atoms. The quantitative estimate of drug-likeness (QED) is 0.938. The van der Waals surface area contributed by atoms with Crippen LogP contribution in [-0.2, 0) is 6.54 Å². The molecule has 0 bridgehead atoms. The third kappa shape index (κ3) is 3.48. The Morgan fingerprint density at radius 2 is 2.00 bits per heavy atom. The molecular weight excluding hydrogens is 304 g/mol. The third-order valence-corrected chi connectivity index (χ3v) is 4.91. The molecule has 1 saturated heterocycles. The standard InChI is InChI=1S/C15H19ClN4S/c1-17-10-14-11-18-15(21-14)20-7-5-19(6-8-20)13-4-2-3-12(16)9-13/h2-4,9,11,17H,5-8,10H2,1H3. The molecule has 112 valence electrons. The SMILES string of the molecule is CNCc1cnc(N2CCN(c3cccc(Cl)c3)CC2)s1. The Hall–Kier alpha value is -1.30. The van der Waals surface area contributed by atoms with Crippen LogP contribution in [0.4, 0.5) is 10.8 Å². The number of aromatic nitrogens is 1. The first-order chi connectivity index (χ1) is 10.3. The van der Waals surface area contributed by atoms with Gasteiger partial charge in [0.1, 0.15) is 0 Å². The van der Waals surface area contributed by atoms with Gasteiger partial charge < -0.3 is 15.1 Å². The molecule has 1 aromatic carbocycles. The smallest absolute Gasteiger partial charge is 0.185 e. The van der Waals surface area contributed by atoms with E-state index < -0.39 is 0 Å². The molecule has 0 radical (unpaired) electrons. The maximum absolute atomic E-state index is 6.07. The van der Waals surface area contributed by atoms with Gasteiger partial charge >= 0.3 is 0 Å². The van der Waals surface area contributed by atoms with Crippen LogP contribution in [0.25, 0.3) is 0 Å². The van der Waals surface area contributed by atoms with E-state index in [0.717, 1.165) is 42.9 Å². The molecule has 0 atom stereocenters. The molecule has 21 heavy (non-hydrogen) atoms. The predicted octanol–water partition coefficient (Wildman–Crippen LogP) is 2.84. The first kappa shape index (κ1) is 14.6. The molecule has 2 heterocycles. The predicted molar refractivity (Wildman–Crippen MR) is 90.8 cm³/mol. The first-order valence-electron chi connectivity index (χ1n) is 7.11. The summed E-state index contributed by atoms with van der Waals surface area (Å²) in [6.07, 6.45) is 1.97. The second kappa shape index (κ2) is 6.64. The summed E-state index contributed by atoms with van der Waals surface area (Å²) in [5, 5.41) is 5.09. The highest BCUT2D eigenvalue weighted by molar-refractivity contribution is 7.15. The highest BCUT2D eigenvalue weighted by atomic mass is 35.5. The van der Waals surface area contributed by atoms with E-state index >= 15 is 0 Å². The van der Waals surface area contributed by atoms with Crippen molar-refractivity contribution in [1.82, 2.24) is 10.3 Å². The van der Waals surface area contributed by atoms with Gasteiger partial charge in [0.05, 0.1) is 0 Å². The van der Waals surface area contributed by atoms with Crippen molar-refractivity contribution in [1.29, 1.82) is 0 Å². The van der Waals surface area contributed by atoms with Gasteiger partial charge in [-0.25, -0.2) is 4.98 Å². The molecule has 0 amide bonds. The number of thiazole rings is 1. The lowest BCUT2D eigenvalue weighted by molar-refractivity contribution is 0.652. The van der Waals surface area contributed by atoms with E-state index in [1.54, 1.807) is 11.3 Å². The molecule has 0 unspecified atom stereocenters. The average molecular weight is 323 g/mol. The summed E-state index contributed by atoms with van der Waals surface area (Å²) in [4.78, 5) is 10.6. The van der Waals surface area contributed by atoms with E-state index in [-0.39, 0.29) is 0 Å². The molecule has 0 aliphatic carbocycles. The van der Waals surface area contributed by atoms with Crippen LogP contribution < -0.4 is 15.1 Å². The summed E-state index contributed by atoms with van der Waals surface area (Å²) in [5.41, 5.74) is 1.21. The van der Waals surface area contributed by atoms with Gasteiger partial charge in [0, 0.05) is 54.5 Å². The van der Waals surface area contributed by atoms with Gasteiger partial charge in [0.2, 0.25) is 0 Å². The Morgan fingerprint density at radius 1 is 1.24 bits per heavy atom. The van der Waals surface area contributed by atoms with Gasteiger partial charge in [-0.05, 0) is 25.2 Å². The molecule has 3 rings (SSSR count). The highest BCUT2D eigenvalue weighted by Crippen LogP contribution is 2.26. The molecule has 6 heteroatoms. The first-order valence-corrected chi connectivity index (χ1v) is 8.30. The van der Waals surface area contributed by atoms with Gasteiger partial charge in [-0.3, -0.25) is 0 Å². The van der Waals surface area contributed by atoms with Crippen LogP contribution in [0, 0.1) is 0 Å². The molecule has 4 nitrogen and oxygen atoms in total. The minimum Gasteiger partial charge on any atom is -0.368 e. The number of piperazine rings is 1. The van der Waals surface area contributed by atoms with E-state index in [0.29, 0.717) is 0 Å². The van der Waals surface area contributed by atoms with Crippen LogP contribution >= 0.6 is 22.9 Å². The van der Waals surface area contributed by atoms with Crippen molar-refractivity contribution in [3.8, 4) is 0 Å². The van der Waals surface area contributed by atoms with Gasteiger partial charge in [-0.2, -0.15) is 0 Å². The van der Waals surface area contributed by atoms with E-state index in [9.17, 15) is 0 Å². The fourth-order valence-electron chi connectivity index (χ4n) is 2.53. The number of hydrogen-bond acceptors (Lipinski definition) is 5. The normalized spacial score (nSPS) is 15.5. The summed E-state index contributed by atoms with van der Waals surface area (Å²) < 4.78 is 0. The summed E-state index contributed by atoms with van der Waals surface area (Å²) >= 11 is 7.85. The zero-order valence-corrected chi connectivity index (χ0v) is 13.6. The van der Waals surface area contributed by atoms with Crippen molar-refractivity contribution >= 4 is 33.8 Å². The molecule has 1 N–H and O–H groups in total. The summed E-state index contributed by atoms with van der Waals surface area (Å²) in [6, 6.07) is 8.08. The third-order valence-electron chi connectivity index (χ3n) is 3.62. The van der Waals surface area contributed by atoms with Crippen LogP contribution in [0.5, 0.6) is 0 Å². The number of nitrogens with zero attached hydrogens (tertiary/aromatic N) is 3. The summed E-state index contributed by atoms with van der Waals surface area (Å²) in [5.74, 6) is 0. The van der Waals surface area contributed by atoms with Crippen molar-refractivity contribution in [2.24, 2.45) is 0 Å². The van der Waals surface area contributed by atoms with Crippen LogP contribution in [-0.4, -0.2) is 38.2 Å². The summed E-state index contributed by atoms with van der Waals surface area (Å²) in [6.45, 7) is 4.89. The monoisotopic (exact) mass is 322 g/mol. The second-order valence-electron chi connectivity index (χ2n) is 5.09. The van der Waals surface area contributed by atoms with Crippen LogP contribution in [0.1, 0.15) is 4.88 Å². The van der Waals surface area contributed by atoms with E-state index in [1.165, 1.54) is 10.6 Å². The molecular formula is C15H19ClN4S. The van der Waals surface area contributed by atoms with Crippen molar-refractivity contribution in [2.75, 3.05) is 43.0 Å². The van der Waals surface area contributed by atoms with Gasteiger partial charge in [0.25, 0.3) is 0 Å². The molecule has 1 fully saturated rings. The fraction of sp³-hybridized carbons (Fsp3) is 0.400. The molecule has 1 aliphatic heterocycles. The maximum Gasteiger partial charge on any atom is 0.185 e. The Labute approximate surface area is 134 Å². The van der Waals surface area contributed by atoms with Gasteiger partial charge in [0.15, 0.2) is 5.13 Å². The topological polar surface area (TPSA) is 31.4 Å². The molecule has 2 aromatic rings.